The zero-order chi connectivity index (χ0) is 14.8. The van der Waals surface area contributed by atoms with Crippen LogP contribution in [0, 0.1) is 6.92 Å². The van der Waals surface area contributed by atoms with Crippen molar-refractivity contribution in [3.8, 4) is 0 Å². The highest BCUT2D eigenvalue weighted by atomic mass is 16.5. The minimum absolute atomic E-state index is 0.336. The van der Waals surface area contributed by atoms with Crippen molar-refractivity contribution in [2.75, 3.05) is 20.3 Å². The molecule has 2 aromatic heterocycles. The van der Waals surface area contributed by atoms with Crippen LogP contribution in [-0.4, -0.2) is 34.9 Å². The summed E-state index contributed by atoms with van der Waals surface area (Å²) in [4.78, 5) is 2.41. The number of hydrogen-bond acceptors (Lipinski definition) is 4. The molecule has 0 fully saturated rings. The van der Waals surface area contributed by atoms with Crippen LogP contribution >= 0.6 is 0 Å². The van der Waals surface area contributed by atoms with Crippen LogP contribution in [0.2, 0.25) is 0 Å². The van der Waals surface area contributed by atoms with Gasteiger partial charge in [0.05, 0.1) is 18.8 Å². The van der Waals surface area contributed by atoms with Crippen molar-refractivity contribution in [2.24, 2.45) is 0 Å². The van der Waals surface area contributed by atoms with E-state index in [4.69, 9.17) is 14.3 Å². The van der Waals surface area contributed by atoms with Gasteiger partial charge in [0.25, 0.3) is 0 Å². The van der Waals surface area contributed by atoms with E-state index in [0.29, 0.717) is 12.5 Å². The van der Waals surface area contributed by atoms with E-state index in [1.807, 2.05) is 17.7 Å². The molecule has 0 amide bonds. The number of hydrogen-bond donors (Lipinski definition) is 0. The maximum absolute atomic E-state index is 5.70. The zero-order valence-corrected chi connectivity index (χ0v) is 13.0. The second-order valence-electron chi connectivity index (χ2n) is 5.73. The Morgan fingerprint density at radius 1 is 1.43 bits per heavy atom. The van der Waals surface area contributed by atoms with Crippen LogP contribution in [0.4, 0.5) is 0 Å². The van der Waals surface area contributed by atoms with Gasteiger partial charge in [-0.2, -0.15) is 5.10 Å². The van der Waals surface area contributed by atoms with Gasteiger partial charge in [-0.1, -0.05) is 0 Å². The van der Waals surface area contributed by atoms with Gasteiger partial charge < -0.3 is 9.15 Å². The number of rotatable bonds is 5. The molecule has 1 atom stereocenters. The Balaban J connectivity index is 1.79. The molecule has 3 heterocycles. The molecule has 0 unspecified atom stereocenters. The molecule has 0 radical (unpaired) electrons. The molecule has 1 aliphatic heterocycles. The maximum atomic E-state index is 5.70. The fourth-order valence-corrected chi connectivity index (χ4v) is 3.05. The maximum Gasteiger partial charge on any atom is 0.118 e. The van der Waals surface area contributed by atoms with Gasteiger partial charge in [0.15, 0.2) is 0 Å². The van der Waals surface area contributed by atoms with Crippen molar-refractivity contribution in [3.63, 3.8) is 0 Å². The van der Waals surface area contributed by atoms with E-state index in [1.54, 1.807) is 7.11 Å². The Morgan fingerprint density at radius 3 is 2.95 bits per heavy atom. The number of methoxy groups -OCH3 is 1. The lowest BCUT2D eigenvalue weighted by molar-refractivity contribution is 0.130. The standard InChI is InChI=1S/C16H23N3O2/c1-4-19-9-13-7-18(10-15-6-5-12(2)21-15)8-14(11-20-3)16(13)17-19/h5-6,9,14H,4,7-8,10-11H2,1-3H3/t14-/m0/s1. The Kier molecular flexibility index (Phi) is 4.12. The fraction of sp³-hybridized carbons (Fsp3) is 0.562. The third-order valence-electron chi connectivity index (χ3n) is 4.00. The van der Waals surface area contributed by atoms with Crippen LogP contribution in [-0.2, 0) is 24.4 Å². The summed E-state index contributed by atoms with van der Waals surface area (Å²) in [5.41, 5.74) is 2.51. The molecule has 0 N–H and O–H groups in total. The summed E-state index contributed by atoms with van der Waals surface area (Å²) in [6.45, 7) is 8.44. The van der Waals surface area contributed by atoms with E-state index in [9.17, 15) is 0 Å². The molecule has 21 heavy (non-hydrogen) atoms. The number of aromatic nitrogens is 2. The molecular formula is C16H23N3O2. The zero-order valence-electron chi connectivity index (χ0n) is 13.0. The number of nitrogens with zero attached hydrogens (tertiary/aromatic N) is 3. The molecule has 5 heteroatoms. The average molecular weight is 289 g/mol. The molecule has 0 aromatic carbocycles. The first-order chi connectivity index (χ1) is 10.2. The second kappa shape index (κ2) is 6.03. The van der Waals surface area contributed by atoms with Crippen LogP contribution in [0.25, 0.3) is 0 Å². The first-order valence-corrected chi connectivity index (χ1v) is 7.52. The number of furan rings is 1. The Bertz CT molecular complexity index is 602. The summed E-state index contributed by atoms with van der Waals surface area (Å²) in [6.07, 6.45) is 2.16. The highest BCUT2D eigenvalue weighted by molar-refractivity contribution is 5.25. The molecule has 1 aliphatic rings. The van der Waals surface area contributed by atoms with Gasteiger partial charge in [0.1, 0.15) is 11.5 Å². The Morgan fingerprint density at radius 2 is 2.29 bits per heavy atom. The van der Waals surface area contributed by atoms with E-state index in [-0.39, 0.29) is 0 Å². The molecule has 0 saturated carbocycles. The molecule has 3 rings (SSSR count). The van der Waals surface area contributed by atoms with Crippen molar-refractivity contribution < 1.29 is 9.15 Å². The summed E-state index contributed by atoms with van der Waals surface area (Å²) in [7, 11) is 1.76. The number of ether oxygens (including phenoxy) is 1. The lowest BCUT2D eigenvalue weighted by Crippen LogP contribution is -2.34. The molecule has 0 bridgehead atoms. The van der Waals surface area contributed by atoms with Crippen LogP contribution < -0.4 is 0 Å². The van der Waals surface area contributed by atoms with Crippen molar-refractivity contribution in [1.82, 2.24) is 14.7 Å². The molecule has 0 aliphatic carbocycles. The first kappa shape index (κ1) is 14.4. The second-order valence-corrected chi connectivity index (χ2v) is 5.73. The Hall–Kier alpha value is -1.59. The van der Waals surface area contributed by atoms with E-state index < -0.39 is 0 Å². The third-order valence-corrected chi connectivity index (χ3v) is 4.00. The molecular weight excluding hydrogens is 266 g/mol. The number of aryl methyl sites for hydroxylation is 2. The first-order valence-electron chi connectivity index (χ1n) is 7.52. The summed E-state index contributed by atoms with van der Waals surface area (Å²) in [6, 6.07) is 4.08. The quantitative estimate of drug-likeness (QED) is 0.848. The number of fused-ring (bicyclic) bond motifs is 1. The van der Waals surface area contributed by atoms with Crippen LogP contribution in [0.15, 0.2) is 22.7 Å². The highest BCUT2D eigenvalue weighted by Gasteiger charge is 2.28. The molecule has 0 spiro atoms. The highest BCUT2D eigenvalue weighted by Crippen LogP contribution is 2.28. The SMILES string of the molecule is CCn1cc2c(n1)[C@H](COC)CN(Cc1ccc(C)o1)C2. The summed E-state index contributed by atoms with van der Waals surface area (Å²) in [5.74, 6) is 2.33. The van der Waals surface area contributed by atoms with Gasteiger partial charge in [-0.25, -0.2) is 0 Å². The summed E-state index contributed by atoms with van der Waals surface area (Å²) >= 11 is 0. The fourth-order valence-electron chi connectivity index (χ4n) is 3.05. The molecule has 0 saturated heterocycles. The van der Waals surface area contributed by atoms with E-state index in [2.05, 4.69) is 24.1 Å². The largest absolute Gasteiger partial charge is 0.465 e. The van der Waals surface area contributed by atoms with Crippen LogP contribution in [0.5, 0.6) is 0 Å². The lowest BCUT2D eigenvalue weighted by atomic mass is 9.97. The minimum atomic E-state index is 0.336. The normalized spacial score (nSPS) is 18.9. The van der Waals surface area contributed by atoms with Gasteiger partial charge >= 0.3 is 0 Å². The molecule has 2 aromatic rings. The molecule has 5 nitrogen and oxygen atoms in total. The van der Waals surface area contributed by atoms with E-state index >= 15 is 0 Å². The van der Waals surface area contributed by atoms with Crippen LogP contribution in [0.1, 0.15) is 35.6 Å². The van der Waals surface area contributed by atoms with E-state index in [0.717, 1.165) is 37.7 Å². The van der Waals surface area contributed by atoms with Crippen molar-refractivity contribution in [3.05, 3.63) is 41.1 Å². The van der Waals surface area contributed by atoms with Gasteiger partial charge in [0, 0.05) is 44.4 Å². The van der Waals surface area contributed by atoms with Gasteiger partial charge in [-0.3, -0.25) is 9.58 Å². The van der Waals surface area contributed by atoms with Gasteiger partial charge in [-0.05, 0) is 26.0 Å². The smallest absolute Gasteiger partial charge is 0.118 e. The van der Waals surface area contributed by atoms with Gasteiger partial charge in [0.2, 0.25) is 0 Å². The van der Waals surface area contributed by atoms with Crippen molar-refractivity contribution in [2.45, 2.75) is 39.4 Å². The Labute approximate surface area is 125 Å². The third kappa shape index (κ3) is 3.04. The molecule has 114 valence electrons. The topological polar surface area (TPSA) is 43.4 Å². The lowest BCUT2D eigenvalue weighted by Gasteiger charge is -2.30. The summed E-state index contributed by atoms with van der Waals surface area (Å²) in [5, 5.41) is 4.70. The predicted octanol–water partition coefficient (Wildman–Crippen LogP) is 2.55. The summed E-state index contributed by atoms with van der Waals surface area (Å²) < 4.78 is 13.1. The average Bonchev–Trinajstić information content (AvgIpc) is 3.05. The van der Waals surface area contributed by atoms with E-state index in [1.165, 1.54) is 11.3 Å². The monoisotopic (exact) mass is 289 g/mol. The van der Waals surface area contributed by atoms with Crippen molar-refractivity contribution in [1.29, 1.82) is 0 Å². The van der Waals surface area contributed by atoms with Gasteiger partial charge in [-0.15, -0.1) is 0 Å². The van der Waals surface area contributed by atoms with Crippen LogP contribution in [0.3, 0.4) is 0 Å². The predicted molar refractivity (Wildman–Crippen MR) is 80.1 cm³/mol. The van der Waals surface area contributed by atoms with Crippen molar-refractivity contribution >= 4 is 0 Å². The minimum Gasteiger partial charge on any atom is -0.465 e.